The Hall–Kier alpha value is -1.58. The lowest BCUT2D eigenvalue weighted by atomic mass is 10.2. The standard InChI is InChI=1S/C15H15BrN2O4S2/c1-23(19,20)17-13-3-5-14(6-4-13)24(21,22)18-9-8-11-10-12(16)2-7-15(11)18/h2-7,10,17H,8-9H2,1H3. The smallest absolute Gasteiger partial charge is 0.264 e. The van der Waals surface area contributed by atoms with Gasteiger partial charge in [-0.3, -0.25) is 9.03 Å². The molecule has 1 heterocycles. The minimum Gasteiger partial charge on any atom is -0.284 e. The van der Waals surface area contributed by atoms with Gasteiger partial charge in [0.2, 0.25) is 10.0 Å². The van der Waals surface area contributed by atoms with Crippen LogP contribution in [0.3, 0.4) is 0 Å². The molecule has 0 spiro atoms. The molecule has 24 heavy (non-hydrogen) atoms. The van der Waals surface area contributed by atoms with Gasteiger partial charge in [-0.25, -0.2) is 16.8 Å². The van der Waals surface area contributed by atoms with Crippen LogP contribution in [0.1, 0.15) is 5.56 Å². The van der Waals surface area contributed by atoms with Crippen molar-refractivity contribution in [3.8, 4) is 0 Å². The average molecular weight is 431 g/mol. The molecule has 0 amide bonds. The summed E-state index contributed by atoms with van der Waals surface area (Å²) in [4.78, 5) is 0.123. The van der Waals surface area contributed by atoms with Crippen molar-refractivity contribution >= 4 is 47.4 Å². The largest absolute Gasteiger partial charge is 0.284 e. The maximum Gasteiger partial charge on any atom is 0.264 e. The van der Waals surface area contributed by atoms with E-state index in [4.69, 9.17) is 0 Å². The van der Waals surface area contributed by atoms with Gasteiger partial charge in [0.25, 0.3) is 10.0 Å². The first-order chi connectivity index (χ1) is 11.2. The van der Waals surface area contributed by atoms with Gasteiger partial charge in [-0.05, 0) is 54.4 Å². The van der Waals surface area contributed by atoms with Crippen molar-refractivity contribution in [2.24, 2.45) is 0 Å². The predicted molar refractivity (Wildman–Crippen MR) is 97.3 cm³/mol. The Balaban J connectivity index is 1.92. The normalized spacial score (nSPS) is 14.5. The molecule has 0 saturated heterocycles. The summed E-state index contributed by atoms with van der Waals surface area (Å²) in [5, 5.41) is 0. The van der Waals surface area contributed by atoms with Gasteiger partial charge < -0.3 is 0 Å². The van der Waals surface area contributed by atoms with Crippen LogP contribution in [0.5, 0.6) is 0 Å². The second-order valence-electron chi connectivity index (χ2n) is 5.50. The van der Waals surface area contributed by atoms with E-state index in [0.717, 1.165) is 16.3 Å². The monoisotopic (exact) mass is 430 g/mol. The number of fused-ring (bicyclic) bond motifs is 1. The van der Waals surface area contributed by atoms with Gasteiger partial charge in [0.1, 0.15) is 0 Å². The third-order valence-electron chi connectivity index (χ3n) is 3.64. The SMILES string of the molecule is CS(=O)(=O)Nc1ccc(S(=O)(=O)N2CCc3cc(Br)ccc32)cc1. The Morgan fingerprint density at radius 3 is 2.33 bits per heavy atom. The predicted octanol–water partition coefficient (Wildman–Crippen LogP) is 2.57. The van der Waals surface area contributed by atoms with Crippen LogP contribution >= 0.6 is 15.9 Å². The molecule has 3 rings (SSSR count). The fourth-order valence-electron chi connectivity index (χ4n) is 2.63. The number of hydrogen-bond acceptors (Lipinski definition) is 4. The highest BCUT2D eigenvalue weighted by Crippen LogP contribution is 2.34. The first kappa shape index (κ1) is 17.2. The van der Waals surface area contributed by atoms with Gasteiger partial charge in [0, 0.05) is 16.7 Å². The highest BCUT2D eigenvalue weighted by atomic mass is 79.9. The first-order valence-corrected chi connectivity index (χ1v) is 11.2. The number of nitrogens with one attached hydrogen (secondary N) is 1. The van der Waals surface area contributed by atoms with E-state index in [1.54, 1.807) is 6.07 Å². The fraction of sp³-hybridized carbons (Fsp3) is 0.200. The zero-order valence-electron chi connectivity index (χ0n) is 12.7. The maximum absolute atomic E-state index is 12.9. The van der Waals surface area contributed by atoms with Gasteiger partial charge in [0.05, 0.1) is 16.8 Å². The number of anilines is 2. The summed E-state index contributed by atoms with van der Waals surface area (Å²) in [5.41, 5.74) is 1.97. The lowest BCUT2D eigenvalue weighted by molar-refractivity contribution is 0.592. The van der Waals surface area contributed by atoms with Crippen molar-refractivity contribution in [1.82, 2.24) is 0 Å². The highest BCUT2D eigenvalue weighted by Gasteiger charge is 2.30. The molecule has 1 aliphatic rings. The van der Waals surface area contributed by atoms with Crippen molar-refractivity contribution in [2.75, 3.05) is 21.8 Å². The summed E-state index contributed by atoms with van der Waals surface area (Å²) in [7, 11) is -7.08. The maximum atomic E-state index is 12.9. The molecule has 0 bridgehead atoms. The summed E-state index contributed by atoms with van der Waals surface area (Å²) in [6.07, 6.45) is 1.69. The third-order valence-corrected chi connectivity index (χ3v) is 6.57. The van der Waals surface area contributed by atoms with Crippen LogP contribution in [0.25, 0.3) is 0 Å². The van der Waals surface area contributed by atoms with Crippen LogP contribution in [0, 0.1) is 0 Å². The molecule has 0 aliphatic carbocycles. The number of rotatable bonds is 4. The van der Waals surface area contributed by atoms with Crippen LogP contribution in [-0.4, -0.2) is 29.6 Å². The molecule has 128 valence electrons. The number of sulfonamides is 2. The second kappa shape index (κ2) is 6.05. The zero-order chi connectivity index (χ0) is 17.5. The average Bonchev–Trinajstić information content (AvgIpc) is 2.89. The van der Waals surface area contributed by atoms with E-state index in [9.17, 15) is 16.8 Å². The van der Waals surface area contributed by atoms with Gasteiger partial charge in [-0.1, -0.05) is 15.9 Å². The molecule has 2 aromatic rings. The van der Waals surface area contributed by atoms with Crippen LogP contribution in [-0.2, 0) is 26.5 Å². The van der Waals surface area contributed by atoms with E-state index < -0.39 is 20.0 Å². The minimum atomic E-state index is -3.68. The van der Waals surface area contributed by atoms with Gasteiger partial charge in [-0.15, -0.1) is 0 Å². The van der Waals surface area contributed by atoms with Crippen molar-refractivity contribution in [3.63, 3.8) is 0 Å². The van der Waals surface area contributed by atoms with Crippen LogP contribution < -0.4 is 9.03 Å². The molecule has 0 saturated carbocycles. The summed E-state index contributed by atoms with van der Waals surface area (Å²) in [6.45, 7) is 0.386. The lowest BCUT2D eigenvalue weighted by Gasteiger charge is -2.19. The molecule has 0 fully saturated rings. The third kappa shape index (κ3) is 3.42. The molecule has 0 radical (unpaired) electrons. The highest BCUT2D eigenvalue weighted by molar-refractivity contribution is 9.10. The Labute approximate surface area is 149 Å². The van der Waals surface area contributed by atoms with E-state index in [1.165, 1.54) is 28.6 Å². The van der Waals surface area contributed by atoms with Crippen LogP contribution in [0.4, 0.5) is 11.4 Å². The summed E-state index contributed by atoms with van der Waals surface area (Å²) in [5.74, 6) is 0. The molecule has 0 aromatic heterocycles. The molecule has 6 nitrogen and oxygen atoms in total. The van der Waals surface area contributed by atoms with Crippen molar-refractivity contribution < 1.29 is 16.8 Å². The van der Waals surface area contributed by atoms with Crippen molar-refractivity contribution in [3.05, 3.63) is 52.5 Å². The van der Waals surface area contributed by atoms with Crippen molar-refractivity contribution in [1.29, 1.82) is 0 Å². The first-order valence-electron chi connectivity index (χ1n) is 7.06. The number of nitrogens with zero attached hydrogens (tertiary/aromatic N) is 1. The summed E-state index contributed by atoms with van der Waals surface area (Å²) >= 11 is 3.39. The lowest BCUT2D eigenvalue weighted by Crippen LogP contribution is -2.29. The Morgan fingerprint density at radius 2 is 1.71 bits per heavy atom. The quantitative estimate of drug-likeness (QED) is 0.807. The molecular formula is C15H15BrN2O4S2. The zero-order valence-corrected chi connectivity index (χ0v) is 15.9. The van der Waals surface area contributed by atoms with Crippen molar-refractivity contribution in [2.45, 2.75) is 11.3 Å². The van der Waals surface area contributed by atoms with E-state index in [2.05, 4.69) is 20.7 Å². The van der Waals surface area contributed by atoms with E-state index in [0.29, 0.717) is 24.3 Å². The summed E-state index contributed by atoms with van der Waals surface area (Å²) < 4.78 is 52.7. The van der Waals surface area contributed by atoms with E-state index in [-0.39, 0.29) is 4.90 Å². The fourth-order valence-corrected chi connectivity index (χ4v) is 5.10. The molecule has 0 unspecified atom stereocenters. The second-order valence-corrected chi connectivity index (χ2v) is 10.0. The molecule has 2 aromatic carbocycles. The van der Waals surface area contributed by atoms with Crippen LogP contribution in [0.15, 0.2) is 51.8 Å². The topological polar surface area (TPSA) is 83.5 Å². The Kier molecular flexibility index (Phi) is 4.35. The van der Waals surface area contributed by atoms with Gasteiger partial charge in [0.15, 0.2) is 0 Å². The minimum absolute atomic E-state index is 0.123. The Morgan fingerprint density at radius 1 is 1.04 bits per heavy atom. The Bertz CT molecular complexity index is 987. The number of halogens is 1. The number of hydrogen-bond donors (Lipinski definition) is 1. The molecule has 9 heteroatoms. The molecular weight excluding hydrogens is 416 g/mol. The molecule has 1 aliphatic heterocycles. The van der Waals surface area contributed by atoms with Crippen LogP contribution in [0.2, 0.25) is 0 Å². The van der Waals surface area contributed by atoms with E-state index >= 15 is 0 Å². The van der Waals surface area contributed by atoms with Gasteiger partial charge in [-0.2, -0.15) is 0 Å². The number of benzene rings is 2. The summed E-state index contributed by atoms with van der Waals surface area (Å²) in [6, 6.07) is 11.2. The van der Waals surface area contributed by atoms with Gasteiger partial charge >= 0.3 is 0 Å². The molecule has 1 N–H and O–H groups in total. The molecule has 0 atom stereocenters. The van der Waals surface area contributed by atoms with E-state index in [1.807, 2.05) is 12.1 Å².